The third-order valence-corrected chi connectivity index (χ3v) is 10.1. The molecule has 1 saturated heterocycles. The first-order chi connectivity index (χ1) is 17.0. The summed E-state index contributed by atoms with van der Waals surface area (Å²) in [6, 6.07) is 3.86. The Hall–Kier alpha value is -1.93. The van der Waals surface area contributed by atoms with Gasteiger partial charge in [-0.1, -0.05) is 12.8 Å². The Morgan fingerprint density at radius 1 is 1.06 bits per heavy atom. The molecule has 1 atom stereocenters. The number of rotatable bonds is 7. The summed E-state index contributed by atoms with van der Waals surface area (Å²) in [6.07, 6.45) is 11.8. The highest BCUT2D eigenvalue weighted by Crippen LogP contribution is 2.52. The van der Waals surface area contributed by atoms with Crippen molar-refractivity contribution in [3.05, 3.63) is 17.7 Å². The molecule has 6 aliphatic rings. The Bertz CT molecular complexity index is 992. The summed E-state index contributed by atoms with van der Waals surface area (Å²) in [5.74, 6) is 2.51. The molecule has 4 bridgehead atoms. The summed E-state index contributed by atoms with van der Waals surface area (Å²) >= 11 is 1.75. The third-order valence-electron chi connectivity index (χ3n) is 8.77. The molecule has 35 heavy (non-hydrogen) atoms. The first-order valence-electron chi connectivity index (χ1n) is 13.4. The van der Waals surface area contributed by atoms with Gasteiger partial charge in [-0.05, 0) is 87.2 Å². The van der Waals surface area contributed by atoms with E-state index in [1.54, 1.807) is 11.8 Å². The summed E-state index contributed by atoms with van der Waals surface area (Å²) in [4.78, 5) is 36.3. The number of aliphatic carboxylic acids is 1. The van der Waals surface area contributed by atoms with E-state index in [0.717, 1.165) is 35.6 Å². The molecule has 2 heterocycles. The monoisotopic (exact) mass is 497 g/mol. The van der Waals surface area contributed by atoms with Crippen LogP contribution in [0.15, 0.2) is 22.2 Å². The largest absolute Gasteiger partial charge is 0.480 e. The van der Waals surface area contributed by atoms with E-state index in [9.17, 15) is 9.59 Å². The lowest BCUT2D eigenvalue weighted by molar-refractivity contribution is -0.143. The topological polar surface area (TPSA) is 92.1 Å². The van der Waals surface area contributed by atoms with E-state index in [0.29, 0.717) is 29.2 Å². The van der Waals surface area contributed by atoms with Crippen molar-refractivity contribution in [2.24, 2.45) is 28.7 Å². The van der Waals surface area contributed by atoms with Crippen molar-refractivity contribution >= 4 is 35.2 Å². The van der Waals surface area contributed by atoms with E-state index in [1.165, 1.54) is 63.5 Å². The number of aromatic nitrogens is 1. The zero-order valence-corrected chi connectivity index (χ0v) is 21.0. The van der Waals surface area contributed by atoms with Gasteiger partial charge in [0.05, 0.1) is 11.7 Å². The summed E-state index contributed by atoms with van der Waals surface area (Å²) < 4.78 is 5.50. The maximum Gasteiger partial charge on any atom is 0.329 e. The van der Waals surface area contributed by atoms with Crippen LogP contribution in [-0.2, 0) is 9.53 Å². The highest BCUT2D eigenvalue weighted by molar-refractivity contribution is 8.00. The van der Waals surface area contributed by atoms with Crippen LogP contribution in [0, 0.1) is 23.7 Å². The van der Waals surface area contributed by atoms with Crippen molar-refractivity contribution in [2.45, 2.75) is 80.6 Å². The lowest BCUT2D eigenvalue weighted by Crippen LogP contribution is -2.45. The Kier molecular flexibility index (Phi) is 6.60. The van der Waals surface area contributed by atoms with E-state index < -0.39 is 5.97 Å². The van der Waals surface area contributed by atoms with E-state index >= 15 is 0 Å². The molecule has 1 aromatic heterocycles. The number of ether oxygens (including phenoxy) is 1. The minimum absolute atomic E-state index is 0.108. The van der Waals surface area contributed by atoms with Gasteiger partial charge < -0.3 is 14.7 Å². The second-order valence-electron chi connectivity index (χ2n) is 11.3. The fourth-order valence-electron chi connectivity index (χ4n) is 7.31. The number of carboxylic acid groups (broad SMARTS) is 1. The maximum absolute atomic E-state index is 13.5. The number of carbonyl (C=O) groups excluding carboxylic acids is 1. The minimum atomic E-state index is -0.944. The van der Waals surface area contributed by atoms with Crippen LogP contribution in [0.2, 0.25) is 0 Å². The number of carboxylic acids is 1. The molecular formula is C27H35N3O4S. The van der Waals surface area contributed by atoms with Gasteiger partial charge in [-0.15, -0.1) is 11.8 Å². The van der Waals surface area contributed by atoms with Crippen LogP contribution in [-0.4, -0.2) is 58.7 Å². The zero-order valence-electron chi connectivity index (χ0n) is 20.2. The summed E-state index contributed by atoms with van der Waals surface area (Å²) in [5.41, 5.74) is 1.82. The zero-order chi connectivity index (χ0) is 23.9. The van der Waals surface area contributed by atoms with Gasteiger partial charge >= 0.3 is 5.97 Å². The quantitative estimate of drug-likeness (QED) is 0.577. The number of aliphatic imine (C=N–C) groups is 1. The third kappa shape index (κ3) is 5.01. The second-order valence-corrected chi connectivity index (χ2v) is 12.5. The molecule has 1 aliphatic heterocycles. The number of anilines is 1. The highest BCUT2D eigenvalue weighted by atomic mass is 32.2. The molecule has 1 aromatic rings. The molecule has 0 aromatic carbocycles. The molecule has 6 fully saturated rings. The smallest absolute Gasteiger partial charge is 0.329 e. The second kappa shape index (κ2) is 9.85. The lowest BCUT2D eigenvalue weighted by atomic mass is 9.55. The van der Waals surface area contributed by atoms with Gasteiger partial charge in [0, 0.05) is 24.1 Å². The standard InChI is InChI=1S/C27H35N3O4S/c31-24(32)15-34-20-7-8-30(14-20)23-6-5-22(27(28-23)35-21-3-1-2-4-21)26(33)29-25-18-10-16-9-17(12-18)13-19(25)11-16/h5-6,16-21H,1-4,7-15H2,(H,31,32)/t16?,17?,18?,19?,20-/m0/s1. The number of pyridine rings is 1. The Balaban J connectivity index is 1.23. The fourth-order valence-corrected chi connectivity index (χ4v) is 8.63. The Morgan fingerprint density at radius 2 is 1.77 bits per heavy atom. The predicted molar refractivity (Wildman–Crippen MR) is 135 cm³/mol. The molecule has 5 aliphatic carbocycles. The van der Waals surface area contributed by atoms with Crippen molar-refractivity contribution in [1.29, 1.82) is 0 Å². The van der Waals surface area contributed by atoms with Gasteiger partial charge in [0.15, 0.2) is 0 Å². The number of hydrogen-bond acceptors (Lipinski definition) is 6. The fraction of sp³-hybridized carbons (Fsp3) is 0.704. The molecule has 0 spiro atoms. The van der Waals surface area contributed by atoms with Gasteiger partial charge in [0.1, 0.15) is 17.5 Å². The van der Waals surface area contributed by atoms with Crippen molar-refractivity contribution in [2.75, 3.05) is 24.6 Å². The average molecular weight is 498 g/mol. The number of carbonyl (C=O) groups is 2. The summed E-state index contributed by atoms with van der Waals surface area (Å²) in [6.45, 7) is 1.12. The normalized spacial score (nSPS) is 31.9. The van der Waals surface area contributed by atoms with E-state index in [1.807, 2.05) is 12.1 Å². The molecule has 7 nitrogen and oxygen atoms in total. The minimum Gasteiger partial charge on any atom is -0.480 e. The molecule has 0 radical (unpaired) electrons. The highest BCUT2D eigenvalue weighted by Gasteiger charge is 2.46. The van der Waals surface area contributed by atoms with Gasteiger partial charge in [0.25, 0.3) is 5.91 Å². The molecule has 1 N–H and O–H groups in total. The van der Waals surface area contributed by atoms with Gasteiger partial charge in [-0.2, -0.15) is 0 Å². The van der Waals surface area contributed by atoms with Crippen LogP contribution >= 0.6 is 11.8 Å². The first kappa shape index (κ1) is 23.5. The van der Waals surface area contributed by atoms with Crippen LogP contribution in [0.4, 0.5) is 5.82 Å². The molecule has 188 valence electrons. The Labute approximate surface area is 211 Å². The van der Waals surface area contributed by atoms with Crippen LogP contribution in [0.25, 0.3) is 0 Å². The van der Waals surface area contributed by atoms with Crippen LogP contribution in [0.5, 0.6) is 0 Å². The van der Waals surface area contributed by atoms with E-state index in [-0.39, 0.29) is 18.6 Å². The van der Waals surface area contributed by atoms with Crippen molar-refractivity contribution in [1.82, 2.24) is 4.98 Å². The number of nitrogens with zero attached hydrogens (tertiary/aromatic N) is 3. The average Bonchev–Trinajstić information content (AvgIpc) is 3.52. The summed E-state index contributed by atoms with van der Waals surface area (Å²) in [5, 5.41) is 10.2. The number of hydrogen-bond donors (Lipinski definition) is 1. The SMILES string of the molecule is O=C(O)CO[C@H]1CCN(c2ccc(C(=O)N=C3C4CC5CC(C4)CC3C5)c(SC3CCCC3)n2)C1. The Morgan fingerprint density at radius 3 is 2.46 bits per heavy atom. The van der Waals surface area contributed by atoms with Gasteiger partial charge in [-0.3, -0.25) is 4.79 Å². The maximum atomic E-state index is 13.5. The van der Waals surface area contributed by atoms with E-state index in [2.05, 4.69) is 4.90 Å². The van der Waals surface area contributed by atoms with Gasteiger partial charge in [-0.25, -0.2) is 14.8 Å². The van der Waals surface area contributed by atoms with Crippen LogP contribution < -0.4 is 4.90 Å². The predicted octanol–water partition coefficient (Wildman–Crippen LogP) is 4.83. The molecule has 1 amide bonds. The van der Waals surface area contributed by atoms with E-state index in [4.69, 9.17) is 19.8 Å². The van der Waals surface area contributed by atoms with Crippen molar-refractivity contribution in [3.8, 4) is 0 Å². The van der Waals surface area contributed by atoms with Crippen molar-refractivity contribution in [3.63, 3.8) is 0 Å². The first-order valence-corrected chi connectivity index (χ1v) is 14.3. The van der Waals surface area contributed by atoms with Crippen LogP contribution in [0.1, 0.15) is 74.6 Å². The van der Waals surface area contributed by atoms with Crippen LogP contribution in [0.3, 0.4) is 0 Å². The molecule has 7 rings (SSSR count). The molecule has 8 heteroatoms. The number of amides is 1. The summed E-state index contributed by atoms with van der Waals surface area (Å²) in [7, 11) is 0. The lowest BCUT2D eigenvalue weighted by Gasteiger charge is -2.50. The van der Waals surface area contributed by atoms with Gasteiger partial charge in [0.2, 0.25) is 0 Å². The van der Waals surface area contributed by atoms with Crippen molar-refractivity contribution < 1.29 is 19.4 Å². The molecule has 0 unspecified atom stereocenters. The molecule has 5 saturated carbocycles. The molecular weight excluding hydrogens is 462 g/mol. The number of thioether (sulfide) groups is 1.